The maximum atomic E-state index is 13.0. The average Bonchev–Trinajstić information content (AvgIpc) is 2.32. The molecule has 0 bridgehead atoms. The fourth-order valence-corrected chi connectivity index (χ4v) is 1.87. The predicted octanol–water partition coefficient (Wildman–Crippen LogP) is 4.22. The van der Waals surface area contributed by atoms with Crippen molar-refractivity contribution in [3.63, 3.8) is 0 Å². The third-order valence-electron chi connectivity index (χ3n) is 2.10. The smallest absolute Gasteiger partial charge is 0.171 e. The van der Waals surface area contributed by atoms with E-state index in [1.165, 1.54) is 6.07 Å². The van der Waals surface area contributed by atoms with Crippen molar-refractivity contribution >= 4 is 27.5 Å². The monoisotopic (exact) mass is 315 g/mol. The van der Waals surface area contributed by atoms with E-state index in [1.54, 1.807) is 30.5 Å². The molecule has 0 atom stereocenters. The molecule has 0 spiro atoms. The highest BCUT2D eigenvalue weighted by Gasteiger charge is 2.04. The van der Waals surface area contributed by atoms with E-state index in [4.69, 9.17) is 16.3 Å². The fraction of sp³-hybridized carbons (Fsp3) is 0.0833. The molecule has 0 aliphatic rings. The Morgan fingerprint density at radius 1 is 1.35 bits per heavy atom. The SMILES string of the molecule is Fc1ccc(COc2cccnc2Cl)cc1Br. The first kappa shape index (κ1) is 12.3. The minimum Gasteiger partial charge on any atom is -0.486 e. The number of benzene rings is 1. The summed E-state index contributed by atoms with van der Waals surface area (Å²) in [4.78, 5) is 3.89. The van der Waals surface area contributed by atoms with Crippen LogP contribution in [-0.2, 0) is 6.61 Å². The summed E-state index contributed by atoms with van der Waals surface area (Å²) >= 11 is 8.96. The summed E-state index contributed by atoms with van der Waals surface area (Å²) in [6, 6.07) is 8.17. The van der Waals surface area contributed by atoms with E-state index >= 15 is 0 Å². The Morgan fingerprint density at radius 3 is 2.88 bits per heavy atom. The van der Waals surface area contributed by atoms with Crippen molar-refractivity contribution in [3.8, 4) is 5.75 Å². The maximum absolute atomic E-state index is 13.0. The number of hydrogen-bond acceptors (Lipinski definition) is 2. The third-order valence-corrected chi connectivity index (χ3v) is 2.99. The second-order valence-electron chi connectivity index (χ2n) is 3.33. The normalized spacial score (nSPS) is 10.3. The van der Waals surface area contributed by atoms with E-state index < -0.39 is 0 Å². The largest absolute Gasteiger partial charge is 0.486 e. The topological polar surface area (TPSA) is 22.1 Å². The molecular formula is C12H8BrClFNO. The number of pyridine rings is 1. The molecule has 2 nitrogen and oxygen atoms in total. The van der Waals surface area contributed by atoms with Gasteiger partial charge in [-0.1, -0.05) is 17.7 Å². The molecule has 0 amide bonds. The van der Waals surface area contributed by atoms with Gasteiger partial charge < -0.3 is 4.74 Å². The molecule has 0 radical (unpaired) electrons. The van der Waals surface area contributed by atoms with Crippen molar-refractivity contribution in [2.24, 2.45) is 0 Å². The van der Waals surface area contributed by atoms with Gasteiger partial charge in [0.1, 0.15) is 12.4 Å². The summed E-state index contributed by atoms with van der Waals surface area (Å²) in [5, 5.41) is 0.314. The Kier molecular flexibility index (Phi) is 3.97. The Hall–Kier alpha value is -1.13. The van der Waals surface area contributed by atoms with E-state index in [9.17, 15) is 4.39 Å². The quantitative estimate of drug-likeness (QED) is 0.791. The fourth-order valence-electron chi connectivity index (χ4n) is 1.27. The maximum Gasteiger partial charge on any atom is 0.171 e. The van der Waals surface area contributed by atoms with Gasteiger partial charge in [-0.05, 0) is 45.8 Å². The molecule has 2 aromatic rings. The summed E-state index contributed by atoms with van der Waals surface area (Å²) in [7, 11) is 0. The zero-order chi connectivity index (χ0) is 12.3. The number of halogens is 3. The molecule has 0 aliphatic carbocycles. The van der Waals surface area contributed by atoms with Crippen LogP contribution in [-0.4, -0.2) is 4.98 Å². The van der Waals surface area contributed by atoms with Crippen LogP contribution < -0.4 is 4.74 Å². The van der Waals surface area contributed by atoms with Crippen LogP contribution in [0, 0.1) is 5.82 Å². The Morgan fingerprint density at radius 2 is 2.18 bits per heavy atom. The summed E-state index contributed by atoms with van der Waals surface area (Å²) in [5.74, 6) is 0.211. The van der Waals surface area contributed by atoms with E-state index in [2.05, 4.69) is 20.9 Å². The van der Waals surface area contributed by atoms with Gasteiger partial charge in [0.2, 0.25) is 0 Å². The number of ether oxygens (including phenoxy) is 1. The van der Waals surface area contributed by atoms with Gasteiger partial charge in [0.15, 0.2) is 10.9 Å². The first-order chi connectivity index (χ1) is 8.16. The second kappa shape index (κ2) is 5.47. The third kappa shape index (κ3) is 3.17. The average molecular weight is 317 g/mol. The molecule has 0 fully saturated rings. The van der Waals surface area contributed by atoms with Crippen LogP contribution >= 0.6 is 27.5 Å². The molecule has 0 N–H and O–H groups in total. The molecule has 88 valence electrons. The van der Waals surface area contributed by atoms with Gasteiger partial charge in [-0.2, -0.15) is 0 Å². The minimum absolute atomic E-state index is 0.298. The Bertz CT molecular complexity index is 536. The number of aromatic nitrogens is 1. The lowest BCUT2D eigenvalue weighted by Crippen LogP contribution is -1.97. The molecule has 0 aliphatic heterocycles. The van der Waals surface area contributed by atoms with Crippen molar-refractivity contribution in [2.75, 3.05) is 0 Å². The van der Waals surface area contributed by atoms with Gasteiger partial charge in [0.25, 0.3) is 0 Å². The number of nitrogens with zero attached hydrogens (tertiary/aromatic N) is 1. The van der Waals surface area contributed by atoms with Crippen LogP contribution in [0.25, 0.3) is 0 Å². The molecule has 0 saturated heterocycles. The molecule has 1 aromatic carbocycles. The predicted molar refractivity (Wildman–Crippen MR) is 67.7 cm³/mol. The van der Waals surface area contributed by atoms with Gasteiger partial charge in [-0.25, -0.2) is 9.37 Å². The summed E-state index contributed by atoms with van der Waals surface area (Å²) in [5.41, 5.74) is 0.846. The van der Waals surface area contributed by atoms with Crippen LogP contribution in [0.5, 0.6) is 5.75 Å². The lowest BCUT2D eigenvalue weighted by molar-refractivity contribution is 0.305. The zero-order valence-electron chi connectivity index (χ0n) is 8.66. The van der Waals surface area contributed by atoms with Crippen LogP contribution in [0.1, 0.15) is 5.56 Å². The zero-order valence-corrected chi connectivity index (χ0v) is 11.0. The van der Waals surface area contributed by atoms with Crippen molar-refractivity contribution in [1.29, 1.82) is 0 Å². The van der Waals surface area contributed by atoms with E-state index in [0.717, 1.165) is 5.56 Å². The van der Waals surface area contributed by atoms with Crippen LogP contribution in [0.15, 0.2) is 41.0 Å². The van der Waals surface area contributed by atoms with Crippen molar-refractivity contribution < 1.29 is 9.13 Å². The second-order valence-corrected chi connectivity index (χ2v) is 4.54. The van der Waals surface area contributed by atoms with Crippen molar-refractivity contribution in [2.45, 2.75) is 6.61 Å². The summed E-state index contributed by atoms with van der Waals surface area (Å²) in [6.07, 6.45) is 1.59. The van der Waals surface area contributed by atoms with Gasteiger partial charge >= 0.3 is 0 Å². The first-order valence-corrected chi connectivity index (χ1v) is 6.01. The molecular weight excluding hydrogens is 308 g/mol. The van der Waals surface area contributed by atoms with Gasteiger partial charge in [0.05, 0.1) is 4.47 Å². The molecule has 1 heterocycles. The number of rotatable bonds is 3. The van der Waals surface area contributed by atoms with Crippen LogP contribution in [0.2, 0.25) is 5.15 Å². The molecule has 0 saturated carbocycles. The molecule has 1 aromatic heterocycles. The van der Waals surface area contributed by atoms with Crippen molar-refractivity contribution in [3.05, 3.63) is 57.5 Å². The van der Waals surface area contributed by atoms with E-state index in [1.807, 2.05) is 0 Å². The van der Waals surface area contributed by atoms with Crippen LogP contribution in [0.4, 0.5) is 4.39 Å². The summed E-state index contributed by atoms with van der Waals surface area (Å²) < 4.78 is 18.9. The van der Waals surface area contributed by atoms with Gasteiger partial charge in [0, 0.05) is 6.20 Å². The highest BCUT2D eigenvalue weighted by Crippen LogP contribution is 2.22. The Labute approximate surface area is 112 Å². The van der Waals surface area contributed by atoms with Crippen LogP contribution in [0.3, 0.4) is 0 Å². The standard InChI is InChI=1S/C12H8BrClFNO/c13-9-6-8(3-4-10(9)15)7-17-11-2-1-5-16-12(11)14/h1-6H,7H2. The lowest BCUT2D eigenvalue weighted by Gasteiger charge is -2.07. The molecule has 2 rings (SSSR count). The van der Waals surface area contributed by atoms with Gasteiger partial charge in [-0.3, -0.25) is 0 Å². The molecule has 5 heteroatoms. The first-order valence-electron chi connectivity index (χ1n) is 4.84. The highest BCUT2D eigenvalue weighted by molar-refractivity contribution is 9.10. The minimum atomic E-state index is -0.298. The molecule has 17 heavy (non-hydrogen) atoms. The van der Waals surface area contributed by atoms with Gasteiger partial charge in [-0.15, -0.1) is 0 Å². The van der Waals surface area contributed by atoms with E-state index in [0.29, 0.717) is 22.0 Å². The Balaban J connectivity index is 2.08. The van der Waals surface area contributed by atoms with E-state index in [-0.39, 0.29) is 5.82 Å². The highest BCUT2D eigenvalue weighted by atomic mass is 79.9. The number of hydrogen-bond donors (Lipinski definition) is 0. The molecule has 0 unspecified atom stereocenters. The summed E-state index contributed by atoms with van der Waals surface area (Å²) in [6.45, 7) is 0.310. The lowest BCUT2D eigenvalue weighted by atomic mass is 10.2. The van der Waals surface area contributed by atoms with Crippen molar-refractivity contribution in [1.82, 2.24) is 4.98 Å².